The number of nitrogens with zero attached hydrogens (tertiary/aromatic N) is 3. The fourth-order valence-corrected chi connectivity index (χ4v) is 5.20. The van der Waals surface area contributed by atoms with Crippen LogP contribution in [0.4, 0.5) is 4.79 Å². The van der Waals surface area contributed by atoms with E-state index < -0.39 is 37.9 Å². The van der Waals surface area contributed by atoms with E-state index in [1.165, 1.54) is 11.6 Å². The fourth-order valence-electron chi connectivity index (χ4n) is 3.43. The lowest BCUT2D eigenvalue weighted by atomic mass is 9.96. The van der Waals surface area contributed by atoms with E-state index >= 15 is 0 Å². The second-order valence-electron chi connectivity index (χ2n) is 7.56. The molecule has 0 aromatic rings. The number of aliphatic imine (C=N–C) groups is 1. The van der Waals surface area contributed by atoms with Gasteiger partial charge in [0.25, 0.3) is 0 Å². The molecule has 0 aromatic carbocycles. The molecule has 2 N–H and O–H groups in total. The highest BCUT2D eigenvalue weighted by Gasteiger charge is 2.65. The maximum atomic E-state index is 13.1. The normalized spacial score (nSPS) is 31.2. The third kappa shape index (κ3) is 5.03. The van der Waals surface area contributed by atoms with Crippen molar-refractivity contribution in [1.29, 1.82) is 0 Å². The summed E-state index contributed by atoms with van der Waals surface area (Å²) < 4.78 is 42.4. The van der Waals surface area contributed by atoms with Crippen LogP contribution in [0, 0.1) is 0 Å². The van der Waals surface area contributed by atoms with Crippen LogP contribution in [0.15, 0.2) is 29.7 Å². The van der Waals surface area contributed by atoms with E-state index in [2.05, 4.69) is 11.6 Å². The number of nitrogens with two attached hydrogens (primary N) is 1. The zero-order valence-corrected chi connectivity index (χ0v) is 20.0. The second kappa shape index (κ2) is 9.54. The van der Waals surface area contributed by atoms with E-state index in [1.807, 2.05) is 0 Å². The Hall–Kier alpha value is -1.89. The first kappa shape index (κ1) is 24.7. The number of hydrogen-bond donors (Lipinski definition) is 1. The predicted molar refractivity (Wildman–Crippen MR) is 116 cm³/mol. The maximum Gasteiger partial charge on any atom is 0.509 e. The van der Waals surface area contributed by atoms with Gasteiger partial charge in [-0.05, 0) is 27.1 Å². The Bertz CT molecular complexity index is 896. The average Bonchev–Trinajstić information content (AvgIpc) is 3.13. The Morgan fingerprint density at radius 1 is 1.47 bits per heavy atom. The van der Waals surface area contributed by atoms with E-state index in [9.17, 15) is 14.2 Å². The fraction of sp³-hybridized carbons (Fsp3) is 0.611. The highest BCUT2D eigenvalue weighted by atomic mass is 32.2. The second-order valence-corrected chi connectivity index (χ2v) is 11.1. The summed E-state index contributed by atoms with van der Waals surface area (Å²) in [6, 6.07) is 0. The molecule has 3 heterocycles. The summed E-state index contributed by atoms with van der Waals surface area (Å²) in [5.74, 6) is 0.903. The molecule has 0 saturated carbocycles. The standard InChI is InChI=1S/C18H27N4O8PS/c1-11-20-14(19)6-7-22(11)16-18(3)15(29-17(24)30-18)13(28-16)10-27-31(25,21(4)5)26-8-9-32-12(2)23/h6-7,13,15-16H,1,8-10H2,2-5H3,(H2,19,20)/t13-,15?,16-,18+,31?/m1/s1. The molecule has 0 radical (unpaired) electrons. The Balaban J connectivity index is 1.71. The molecular weight excluding hydrogens is 463 g/mol. The predicted octanol–water partition coefficient (Wildman–Crippen LogP) is 1.65. The molecule has 14 heteroatoms. The Morgan fingerprint density at radius 3 is 2.81 bits per heavy atom. The molecule has 3 aliphatic heterocycles. The topological polar surface area (TPSA) is 142 Å². The van der Waals surface area contributed by atoms with Gasteiger partial charge in [0.05, 0.1) is 13.2 Å². The number of ether oxygens (including phenoxy) is 3. The largest absolute Gasteiger partial charge is 0.509 e. The smallest absolute Gasteiger partial charge is 0.424 e. The van der Waals surface area contributed by atoms with Gasteiger partial charge in [-0.25, -0.2) is 19.0 Å². The first-order valence-electron chi connectivity index (χ1n) is 9.71. The summed E-state index contributed by atoms with van der Waals surface area (Å²) in [5.41, 5.74) is 4.49. The number of carbonyl (C=O) groups is 2. The van der Waals surface area contributed by atoms with E-state index in [1.54, 1.807) is 38.2 Å². The van der Waals surface area contributed by atoms with Crippen molar-refractivity contribution in [2.45, 2.75) is 37.9 Å². The van der Waals surface area contributed by atoms with Crippen LogP contribution in [-0.4, -0.2) is 83.8 Å². The molecule has 0 aromatic heterocycles. The Kier molecular flexibility index (Phi) is 7.38. The summed E-state index contributed by atoms with van der Waals surface area (Å²) in [5, 5.41) is -0.0682. The average molecular weight is 490 g/mol. The zero-order valence-electron chi connectivity index (χ0n) is 18.3. The van der Waals surface area contributed by atoms with Gasteiger partial charge in [-0.3, -0.25) is 13.8 Å². The summed E-state index contributed by atoms with van der Waals surface area (Å²) >= 11 is 1.06. The zero-order chi connectivity index (χ0) is 23.7. The van der Waals surface area contributed by atoms with E-state index in [-0.39, 0.29) is 24.2 Å². The van der Waals surface area contributed by atoms with Crippen molar-refractivity contribution in [2.75, 3.05) is 33.1 Å². The van der Waals surface area contributed by atoms with Gasteiger partial charge in [0.1, 0.15) is 17.8 Å². The monoisotopic (exact) mass is 490 g/mol. The van der Waals surface area contributed by atoms with Crippen LogP contribution in [0.25, 0.3) is 0 Å². The lowest BCUT2D eigenvalue weighted by Gasteiger charge is -2.35. The molecule has 2 saturated heterocycles. The Morgan fingerprint density at radius 2 is 2.19 bits per heavy atom. The number of amidine groups is 1. The van der Waals surface area contributed by atoms with Crippen LogP contribution in [0.2, 0.25) is 0 Å². The minimum atomic E-state index is -3.69. The maximum absolute atomic E-state index is 13.1. The molecule has 178 valence electrons. The molecule has 12 nitrogen and oxygen atoms in total. The van der Waals surface area contributed by atoms with Gasteiger partial charge in [-0.2, -0.15) is 0 Å². The van der Waals surface area contributed by atoms with E-state index in [0.717, 1.165) is 11.8 Å². The molecule has 2 unspecified atom stereocenters. The van der Waals surface area contributed by atoms with Crippen molar-refractivity contribution in [3.05, 3.63) is 24.7 Å². The molecule has 0 spiro atoms. The van der Waals surface area contributed by atoms with E-state index in [4.69, 9.17) is 29.0 Å². The lowest BCUT2D eigenvalue weighted by Crippen LogP contribution is -2.50. The van der Waals surface area contributed by atoms with Gasteiger partial charge < -0.3 is 24.8 Å². The SMILES string of the molecule is C=C1N=C(N)C=CN1[C@@H]1O[C@H](COP(=O)(OCCSC(C)=O)N(C)C)C2OC(=O)O[C@@]21C. The summed E-state index contributed by atoms with van der Waals surface area (Å²) in [6.45, 7) is 6.80. The summed E-state index contributed by atoms with van der Waals surface area (Å²) in [7, 11) is -0.593. The first-order chi connectivity index (χ1) is 15.0. The van der Waals surface area contributed by atoms with Crippen molar-refractivity contribution >= 4 is 36.6 Å². The van der Waals surface area contributed by atoms with E-state index in [0.29, 0.717) is 11.6 Å². The van der Waals surface area contributed by atoms with Gasteiger partial charge in [-0.15, -0.1) is 0 Å². The van der Waals surface area contributed by atoms with Crippen molar-refractivity contribution in [3.8, 4) is 0 Å². The molecular formula is C18H27N4O8PS. The first-order valence-corrected chi connectivity index (χ1v) is 12.2. The third-order valence-corrected chi connectivity index (χ3v) is 7.71. The number of thioether (sulfide) groups is 1. The van der Waals surface area contributed by atoms with Gasteiger partial charge in [0.15, 0.2) is 23.0 Å². The molecule has 3 aliphatic rings. The quantitative estimate of drug-likeness (QED) is 0.285. The Labute approximate surface area is 190 Å². The van der Waals surface area contributed by atoms with Crippen LogP contribution in [0.5, 0.6) is 0 Å². The van der Waals surface area contributed by atoms with Crippen LogP contribution < -0.4 is 5.73 Å². The third-order valence-electron chi connectivity index (χ3n) is 4.97. The molecule has 5 atom stereocenters. The highest BCUT2D eigenvalue weighted by molar-refractivity contribution is 8.13. The van der Waals surface area contributed by atoms with Crippen molar-refractivity contribution in [3.63, 3.8) is 0 Å². The van der Waals surface area contributed by atoms with Gasteiger partial charge in [-0.1, -0.05) is 18.3 Å². The van der Waals surface area contributed by atoms with Crippen LogP contribution in [0.1, 0.15) is 13.8 Å². The molecule has 0 bridgehead atoms. The van der Waals surface area contributed by atoms with Crippen molar-refractivity contribution in [2.24, 2.45) is 10.7 Å². The summed E-state index contributed by atoms with van der Waals surface area (Å²) in [4.78, 5) is 28.7. The van der Waals surface area contributed by atoms with Crippen molar-refractivity contribution in [1.82, 2.24) is 9.57 Å². The number of rotatable bonds is 9. The van der Waals surface area contributed by atoms with Crippen LogP contribution >= 0.6 is 19.5 Å². The number of fused-ring (bicyclic) bond motifs is 1. The number of carbonyl (C=O) groups excluding carboxylic acids is 2. The van der Waals surface area contributed by atoms with Crippen LogP contribution in [0.3, 0.4) is 0 Å². The summed E-state index contributed by atoms with van der Waals surface area (Å²) in [6.07, 6.45) is -0.158. The van der Waals surface area contributed by atoms with Gasteiger partial charge in [0.2, 0.25) is 0 Å². The highest BCUT2D eigenvalue weighted by Crippen LogP contribution is 2.52. The molecule has 0 aliphatic carbocycles. The molecule has 32 heavy (non-hydrogen) atoms. The minimum Gasteiger partial charge on any atom is -0.424 e. The number of hydrogen-bond acceptors (Lipinski definition) is 12. The minimum absolute atomic E-state index is 0.0465. The van der Waals surface area contributed by atoms with Crippen molar-refractivity contribution < 1.29 is 37.4 Å². The van der Waals surface area contributed by atoms with Gasteiger partial charge >= 0.3 is 13.9 Å². The van der Waals surface area contributed by atoms with Crippen LogP contribution in [-0.2, 0) is 32.6 Å². The molecule has 3 rings (SSSR count). The molecule has 0 amide bonds. The molecule has 2 fully saturated rings. The lowest BCUT2D eigenvalue weighted by molar-refractivity contribution is -0.109. The van der Waals surface area contributed by atoms with Gasteiger partial charge in [0, 0.05) is 18.9 Å².